The van der Waals surface area contributed by atoms with Gasteiger partial charge in [0.1, 0.15) is 6.04 Å². The summed E-state index contributed by atoms with van der Waals surface area (Å²) >= 11 is 0. The molecule has 0 aromatic heterocycles. The van der Waals surface area contributed by atoms with Crippen LogP contribution in [0.2, 0.25) is 0 Å². The van der Waals surface area contributed by atoms with E-state index in [-0.39, 0.29) is 12.5 Å². The summed E-state index contributed by atoms with van der Waals surface area (Å²) in [5.74, 6) is -0.270. The highest BCUT2D eigenvalue weighted by molar-refractivity contribution is 5.85. The molecule has 5 nitrogen and oxygen atoms in total. The SMILES string of the molecule is COC(=O)C(CC(C)C)NC(=O)CN(C)Cc1ccccc1. The number of nitrogens with zero attached hydrogens (tertiary/aromatic N) is 1. The second kappa shape index (κ2) is 9.20. The fourth-order valence-electron chi connectivity index (χ4n) is 2.26. The summed E-state index contributed by atoms with van der Waals surface area (Å²) in [7, 11) is 3.21. The first-order valence-corrected chi connectivity index (χ1v) is 7.52. The quantitative estimate of drug-likeness (QED) is 0.744. The molecule has 0 radical (unpaired) electrons. The van der Waals surface area contributed by atoms with Crippen LogP contribution >= 0.6 is 0 Å². The van der Waals surface area contributed by atoms with Crippen LogP contribution in [0.3, 0.4) is 0 Å². The first-order valence-electron chi connectivity index (χ1n) is 7.52. The van der Waals surface area contributed by atoms with E-state index in [1.54, 1.807) is 0 Å². The number of nitrogens with one attached hydrogen (secondary N) is 1. The molecule has 0 saturated carbocycles. The lowest BCUT2D eigenvalue weighted by Gasteiger charge is -2.21. The molecule has 1 rings (SSSR count). The van der Waals surface area contributed by atoms with Crippen LogP contribution in [0.4, 0.5) is 0 Å². The normalized spacial score (nSPS) is 12.3. The molecule has 0 aliphatic heterocycles. The number of benzene rings is 1. The first kappa shape index (κ1) is 18.2. The lowest BCUT2D eigenvalue weighted by atomic mass is 10.0. The van der Waals surface area contributed by atoms with E-state index in [9.17, 15) is 9.59 Å². The molecule has 0 fully saturated rings. The molecule has 1 unspecified atom stereocenters. The van der Waals surface area contributed by atoms with Gasteiger partial charge in [0.15, 0.2) is 0 Å². The van der Waals surface area contributed by atoms with Crippen molar-refractivity contribution in [3.8, 4) is 0 Å². The number of ether oxygens (including phenoxy) is 1. The second-order valence-corrected chi connectivity index (χ2v) is 5.93. The van der Waals surface area contributed by atoms with Gasteiger partial charge in [0, 0.05) is 6.54 Å². The Hall–Kier alpha value is -1.88. The fraction of sp³-hybridized carbons (Fsp3) is 0.529. The molecule has 5 heteroatoms. The van der Waals surface area contributed by atoms with Gasteiger partial charge in [0.2, 0.25) is 5.91 Å². The molecule has 0 saturated heterocycles. The zero-order valence-corrected chi connectivity index (χ0v) is 13.8. The molecule has 1 amide bonds. The van der Waals surface area contributed by atoms with Crippen molar-refractivity contribution in [2.24, 2.45) is 5.92 Å². The molecule has 0 aliphatic carbocycles. The summed E-state index contributed by atoms with van der Waals surface area (Å²) in [4.78, 5) is 25.7. The highest BCUT2D eigenvalue weighted by atomic mass is 16.5. The summed E-state index contributed by atoms with van der Waals surface area (Å²) in [6.07, 6.45) is 0.570. The Bertz CT molecular complexity index is 474. The van der Waals surface area contributed by atoms with Crippen LogP contribution in [-0.2, 0) is 20.9 Å². The molecule has 122 valence electrons. The summed E-state index contributed by atoms with van der Waals surface area (Å²) < 4.78 is 4.75. The fourth-order valence-corrected chi connectivity index (χ4v) is 2.26. The Balaban J connectivity index is 2.50. The highest BCUT2D eigenvalue weighted by Crippen LogP contribution is 2.07. The van der Waals surface area contributed by atoms with E-state index in [0.717, 1.165) is 5.56 Å². The number of carbonyl (C=O) groups is 2. The second-order valence-electron chi connectivity index (χ2n) is 5.93. The zero-order chi connectivity index (χ0) is 16.5. The number of hydrogen-bond donors (Lipinski definition) is 1. The van der Waals surface area contributed by atoms with Crippen molar-refractivity contribution >= 4 is 11.9 Å². The maximum absolute atomic E-state index is 12.1. The standard InChI is InChI=1S/C17H26N2O3/c1-13(2)10-15(17(21)22-4)18-16(20)12-19(3)11-14-8-6-5-7-9-14/h5-9,13,15H,10-12H2,1-4H3,(H,18,20). The third-order valence-electron chi connectivity index (χ3n) is 3.24. The topological polar surface area (TPSA) is 58.6 Å². The maximum atomic E-state index is 12.1. The lowest BCUT2D eigenvalue weighted by Crippen LogP contribution is -2.45. The number of hydrogen-bond acceptors (Lipinski definition) is 4. The summed E-state index contributed by atoms with van der Waals surface area (Å²) in [5, 5.41) is 2.76. The molecular formula is C17H26N2O3. The number of likely N-dealkylation sites (N-methyl/N-ethyl adjacent to an activating group) is 1. The van der Waals surface area contributed by atoms with Gasteiger partial charge in [0.05, 0.1) is 13.7 Å². The minimum atomic E-state index is -0.581. The first-order chi connectivity index (χ1) is 10.4. The molecule has 0 bridgehead atoms. The van der Waals surface area contributed by atoms with Crippen molar-refractivity contribution in [1.82, 2.24) is 10.2 Å². The minimum Gasteiger partial charge on any atom is -0.467 e. The Morgan fingerprint density at radius 3 is 2.41 bits per heavy atom. The number of rotatable bonds is 8. The van der Waals surface area contributed by atoms with Gasteiger partial charge in [0.25, 0.3) is 0 Å². The van der Waals surface area contributed by atoms with Crippen LogP contribution in [-0.4, -0.2) is 43.5 Å². The van der Waals surface area contributed by atoms with Gasteiger partial charge in [-0.05, 0) is 24.9 Å². The molecule has 1 aromatic rings. The number of methoxy groups -OCH3 is 1. The van der Waals surface area contributed by atoms with E-state index in [4.69, 9.17) is 4.74 Å². The average Bonchev–Trinajstić information content (AvgIpc) is 2.46. The van der Waals surface area contributed by atoms with Gasteiger partial charge in [-0.15, -0.1) is 0 Å². The molecule has 22 heavy (non-hydrogen) atoms. The number of amides is 1. The van der Waals surface area contributed by atoms with E-state index in [0.29, 0.717) is 18.9 Å². The highest BCUT2D eigenvalue weighted by Gasteiger charge is 2.22. The van der Waals surface area contributed by atoms with Crippen molar-refractivity contribution in [2.45, 2.75) is 32.9 Å². The van der Waals surface area contributed by atoms with Crippen molar-refractivity contribution in [2.75, 3.05) is 20.7 Å². The molecular weight excluding hydrogens is 280 g/mol. The summed E-state index contributed by atoms with van der Waals surface area (Å²) in [6, 6.07) is 9.36. The monoisotopic (exact) mass is 306 g/mol. The van der Waals surface area contributed by atoms with Crippen molar-refractivity contribution < 1.29 is 14.3 Å². The smallest absolute Gasteiger partial charge is 0.328 e. The Labute approximate surface area is 132 Å². The molecule has 1 atom stereocenters. The van der Waals surface area contributed by atoms with Gasteiger partial charge in [-0.1, -0.05) is 44.2 Å². The van der Waals surface area contributed by atoms with E-state index in [1.807, 2.05) is 56.1 Å². The van der Waals surface area contributed by atoms with Crippen molar-refractivity contribution in [3.63, 3.8) is 0 Å². The van der Waals surface area contributed by atoms with E-state index >= 15 is 0 Å². The number of carbonyl (C=O) groups excluding carboxylic acids is 2. The minimum absolute atomic E-state index is 0.172. The van der Waals surface area contributed by atoms with Crippen LogP contribution in [0.5, 0.6) is 0 Å². The van der Waals surface area contributed by atoms with Gasteiger partial charge in [-0.25, -0.2) is 4.79 Å². The largest absolute Gasteiger partial charge is 0.467 e. The Morgan fingerprint density at radius 1 is 1.23 bits per heavy atom. The Kier molecular flexibility index (Phi) is 7.60. The van der Waals surface area contributed by atoms with E-state index in [2.05, 4.69) is 5.32 Å². The van der Waals surface area contributed by atoms with Gasteiger partial charge >= 0.3 is 5.97 Å². The third-order valence-corrected chi connectivity index (χ3v) is 3.24. The molecule has 1 N–H and O–H groups in total. The predicted molar refractivity (Wildman–Crippen MR) is 86.2 cm³/mol. The van der Waals surface area contributed by atoms with Crippen LogP contribution < -0.4 is 5.32 Å². The average molecular weight is 306 g/mol. The van der Waals surface area contributed by atoms with Crippen LogP contribution in [0.25, 0.3) is 0 Å². The van der Waals surface area contributed by atoms with Gasteiger partial charge in [-0.2, -0.15) is 0 Å². The summed E-state index contributed by atoms with van der Waals surface area (Å²) in [6.45, 7) is 4.93. The van der Waals surface area contributed by atoms with E-state index in [1.165, 1.54) is 7.11 Å². The predicted octanol–water partition coefficient (Wildman–Crippen LogP) is 1.82. The number of esters is 1. The summed E-state index contributed by atoms with van der Waals surface area (Å²) in [5.41, 5.74) is 1.14. The lowest BCUT2D eigenvalue weighted by molar-refractivity contribution is -0.145. The van der Waals surface area contributed by atoms with Crippen LogP contribution in [0.15, 0.2) is 30.3 Å². The zero-order valence-electron chi connectivity index (χ0n) is 13.8. The van der Waals surface area contributed by atoms with Crippen molar-refractivity contribution in [3.05, 3.63) is 35.9 Å². The van der Waals surface area contributed by atoms with Gasteiger partial charge in [-0.3, -0.25) is 9.69 Å². The third kappa shape index (κ3) is 6.72. The van der Waals surface area contributed by atoms with Gasteiger partial charge < -0.3 is 10.1 Å². The van der Waals surface area contributed by atoms with Crippen LogP contribution in [0, 0.1) is 5.92 Å². The molecule has 0 heterocycles. The maximum Gasteiger partial charge on any atom is 0.328 e. The molecule has 0 spiro atoms. The van der Waals surface area contributed by atoms with Crippen molar-refractivity contribution in [1.29, 1.82) is 0 Å². The van der Waals surface area contributed by atoms with Crippen LogP contribution in [0.1, 0.15) is 25.8 Å². The molecule has 1 aromatic carbocycles. The Morgan fingerprint density at radius 2 is 1.86 bits per heavy atom. The van der Waals surface area contributed by atoms with E-state index < -0.39 is 12.0 Å². The molecule has 0 aliphatic rings.